The Balaban J connectivity index is 1.64. The zero-order valence-electron chi connectivity index (χ0n) is 17.2. The number of halogens is 1. The van der Waals surface area contributed by atoms with Gasteiger partial charge in [0.05, 0.1) is 16.8 Å². The maximum Gasteiger partial charge on any atom is 0.339 e. The van der Waals surface area contributed by atoms with Crippen molar-refractivity contribution in [2.24, 2.45) is 0 Å². The number of Topliss-reactive ketones (excluding diaryl/α,β-unsaturated/α-hetero) is 1. The lowest BCUT2D eigenvalue weighted by molar-refractivity contribution is 0.0476. The highest BCUT2D eigenvalue weighted by atomic mass is 19.1. The summed E-state index contributed by atoms with van der Waals surface area (Å²) in [7, 11) is 0. The summed E-state index contributed by atoms with van der Waals surface area (Å²) in [5.74, 6) is -1.22. The molecule has 0 aliphatic rings. The third-order valence-corrected chi connectivity index (χ3v) is 5.10. The Hall–Kier alpha value is -3.86. The first-order chi connectivity index (χ1) is 14.9. The molecule has 0 amide bonds. The Morgan fingerprint density at radius 3 is 2.42 bits per heavy atom. The molecule has 0 spiro atoms. The molecule has 0 atom stereocenters. The molecular formula is C26H20FNO3. The number of esters is 1. The second kappa shape index (κ2) is 8.48. The quantitative estimate of drug-likeness (QED) is 0.311. The third-order valence-electron chi connectivity index (χ3n) is 5.10. The van der Waals surface area contributed by atoms with Crippen LogP contribution < -0.4 is 0 Å². The number of ether oxygens (including phenoxy) is 1. The largest absolute Gasteiger partial charge is 0.454 e. The highest BCUT2D eigenvalue weighted by molar-refractivity contribution is 6.06. The van der Waals surface area contributed by atoms with Crippen LogP contribution >= 0.6 is 0 Å². The average Bonchev–Trinajstić information content (AvgIpc) is 2.78. The summed E-state index contributed by atoms with van der Waals surface area (Å²) < 4.78 is 18.7. The number of hydrogen-bond donors (Lipinski definition) is 0. The van der Waals surface area contributed by atoms with Crippen molar-refractivity contribution >= 4 is 22.7 Å². The average molecular weight is 413 g/mol. The smallest absolute Gasteiger partial charge is 0.339 e. The molecule has 4 rings (SSSR count). The van der Waals surface area contributed by atoms with E-state index >= 15 is 0 Å². The van der Waals surface area contributed by atoms with Gasteiger partial charge in [-0.2, -0.15) is 0 Å². The van der Waals surface area contributed by atoms with Crippen LogP contribution in [0.2, 0.25) is 0 Å². The van der Waals surface area contributed by atoms with Crippen LogP contribution in [0.4, 0.5) is 4.39 Å². The van der Waals surface area contributed by atoms with Crippen LogP contribution in [-0.2, 0) is 4.74 Å². The molecule has 0 saturated carbocycles. The molecule has 4 nitrogen and oxygen atoms in total. The summed E-state index contributed by atoms with van der Waals surface area (Å²) >= 11 is 0. The van der Waals surface area contributed by atoms with Gasteiger partial charge in [-0.25, -0.2) is 14.2 Å². The van der Waals surface area contributed by atoms with Crippen LogP contribution in [0.3, 0.4) is 0 Å². The standard InChI is InChI=1S/C26H20FNO3/c1-16-7-8-17(2)21(13-16)25(29)15-31-26(30)22-14-24(18-9-11-19(27)12-10-18)28-23-6-4-3-5-20(22)23/h3-14H,15H2,1-2H3. The molecule has 31 heavy (non-hydrogen) atoms. The fourth-order valence-corrected chi connectivity index (χ4v) is 3.44. The molecule has 0 unspecified atom stereocenters. The monoisotopic (exact) mass is 413 g/mol. The van der Waals surface area contributed by atoms with Gasteiger partial charge in [-0.3, -0.25) is 4.79 Å². The number of pyridine rings is 1. The van der Waals surface area contributed by atoms with Gasteiger partial charge in [0.1, 0.15) is 5.82 Å². The van der Waals surface area contributed by atoms with E-state index < -0.39 is 5.97 Å². The molecule has 0 aliphatic heterocycles. The summed E-state index contributed by atoms with van der Waals surface area (Å²) in [4.78, 5) is 30.1. The second-order valence-corrected chi connectivity index (χ2v) is 7.40. The summed E-state index contributed by atoms with van der Waals surface area (Å²) in [6, 6.07) is 20.3. The topological polar surface area (TPSA) is 56.3 Å². The minimum absolute atomic E-state index is 0.258. The molecule has 0 bridgehead atoms. The van der Waals surface area contributed by atoms with Crippen molar-refractivity contribution in [3.63, 3.8) is 0 Å². The van der Waals surface area contributed by atoms with Gasteiger partial charge in [0.25, 0.3) is 0 Å². The normalized spacial score (nSPS) is 10.8. The van der Waals surface area contributed by atoms with E-state index in [1.807, 2.05) is 32.0 Å². The summed E-state index contributed by atoms with van der Waals surface area (Å²) in [5.41, 5.74) is 4.44. The maximum atomic E-state index is 13.3. The highest BCUT2D eigenvalue weighted by Gasteiger charge is 2.18. The predicted molar refractivity (Wildman–Crippen MR) is 118 cm³/mol. The SMILES string of the molecule is Cc1ccc(C)c(C(=O)COC(=O)c2cc(-c3ccc(F)cc3)nc3ccccc23)c1. The number of rotatable bonds is 5. The van der Waals surface area contributed by atoms with E-state index in [1.165, 1.54) is 12.1 Å². The van der Waals surface area contributed by atoms with E-state index in [0.717, 1.165) is 11.1 Å². The Kier molecular flexibility index (Phi) is 5.58. The van der Waals surface area contributed by atoms with Crippen LogP contribution in [0, 0.1) is 19.7 Å². The highest BCUT2D eigenvalue weighted by Crippen LogP contribution is 2.26. The number of benzene rings is 3. The molecule has 0 saturated heterocycles. The van der Waals surface area contributed by atoms with Gasteiger partial charge in [-0.05, 0) is 61.9 Å². The number of fused-ring (bicyclic) bond motifs is 1. The van der Waals surface area contributed by atoms with Crippen LogP contribution in [0.25, 0.3) is 22.2 Å². The minimum atomic E-state index is -0.611. The maximum absolute atomic E-state index is 13.3. The second-order valence-electron chi connectivity index (χ2n) is 7.40. The Bertz CT molecular complexity index is 1300. The van der Waals surface area contributed by atoms with Crippen molar-refractivity contribution < 1.29 is 18.7 Å². The lowest BCUT2D eigenvalue weighted by Crippen LogP contribution is -2.16. The van der Waals surface area contributed by atoms with Gasteiger partial charge in [0, 0.05) is 16.5 Å². The molecule has 0 radical (unpaired) electrons. The number of ketones is 1. The van der Waals surface area contributed by atoms with Gasteiger partial charge < -0.3 is 4.74 Å². The van der Waals surface area contributed by atoms with Gasteiger partial charge in [0.15, 0.2) is 6.61 Å². The van der Waals surface area contributed by atoms with Crippen molar-refractivity contribution in [3.05, 3.63) is 101 Å². The number of para-hydroxylation sites is 1. The molecule has 154 valence electrons. The fourth-order valence-electron chi connectivity index (χ4n) is 3.44. The molecule has 1 aromatic heterocycles. The lowest BCUT2D eigenvalue weighted by Gasteiger charge is -2.11. The van der Waals surface area contributed by atoms with Crippen LogP contribution in [0.15, 0.2) is 72.8 Å². The third kappa shape index (κ3) is 4.36. The van der Waals surface area contributed by atoms with Crippen molar-refractivity contribution in [1.82, 2.24) is 4.98 Å². The molecule has 5 heteroatoms. The predicted octanol–water partition coefficient (Wildman–Crippen LogP) is 5.70. The molecule has 0 fully saturated rings. The van der Waals surface area contributed by atoms with Gasteiger partial charge >= 0.3 is 5.97 Å². The van der Waals surface area contributed by atoms with E-state index in [1.54, 1.807) is 42.5 Å². The van der Waals surface area contributed by atoms with E-state index in [2.05, 4.69) is 4.98 Å². The lowest BCUT2D eigenvalue weighted by atomic mass is 10.0. The molecule has 3 aromatic carbocycles. The number of aromatic nitrogens is 1. The number of hydrogen-bond acceptors (Lipinski definition) is 4. The number of carbonyl (C=O) groups is 2. The molecule has 0 aliphatic carbocycles. The molecular weight excluding hydrogens is 393 g/mol. The van der Waals surface area contributed by atoms with Crippen LogP contribution in [0.5, 0.6) is 0 Å². The van der Waals surface area contributed by atoms with E-state index in [9.17, 15) is 14.0 Å². The van der Waals surface area contributed by atoms with E-state index in [-0.39, 0.29) is 18.2 Å². The van der Waals surface area contributed by atoms with Gasteiger partial charge in [0.2, 0.25) is 5.78 Å². The number of nitrogens with zero attached hydrogens (tertiary/aromatic N) is 1. The molecule has 1 heterocycles. The van der Waals surface area contributed by atoms with Crippen LogP contribution in [-0.4, -0.2) is 23.3 Å². The summed E-state index contributed by atoms with van der Waals surface area (Å²) in [6.07, 6.45) is 0. The molecule has 0 N–H and O–H groups in total. The fraction of sp³-hybridized carbons (Fsp3) is 0.115. The van der Waals surface area contributed by atoms with Gasteiger partial charge in [-0.15, -0.1) is 0 Å². The Morgan fingerprint density at radius 1 is 0.903 bits per heavy atom. The minimum Gasteiger partial charge on any atom is -0.454 e. The van der Waals surface area contributed by atoms with Crippen molar-refractivity contribution in [3.8, 4) is 11.3 Å². The zero-order chi connectivity index (χ0) is 22.0. The first-order valence-electron chi connectivity index (χ1n) is 9.85. The van der Waals surface area contributed by atoms with E-state index in [4.69, 9.17) is 4.74 Å². The molecule has 4 aromatic rings. The first-order valence-corrected chi connectivity index (χ1v) is 9.85. The number of aryl methyl sites for hydroxylation is 2. The zero-order valence-corrected chi connectivity index (χ0v) is 17.2. The first kappa shape index (κ1) is 20.4. The summed E-state index contributed by atoms with van der Waals surface area (Å²) in [6.45, 7) is 3.40. The van der Waals surface area contributed by atoms with Gasteiger partial charge in [-0.1, -0.05) is 35.9 Å². The van der Waals surface area contributed by atoms with E-state index in [0.29, 0.717) is 33.3 Å². The van der Waals surface area contributed by atoms with Crippen molar-refractivity contribution in [2.45, 2.75) is 13.8 Å². The number of carbonyl (C=O) groups excluding carboxylic acids is 2. The van der Waals surface area contributed by atoms with Crippen molar-refractivity contribution in [1.29, 1.82) is 0 Å². The van der Waals surface area contributed by atoms with Crippen LogP contribution in [0.1, 0.15) is 31.8 Å². The Morgan fingerprint density at radius 2 is 1.65 bits per heavy atom. The summed E-state index contributed by atoms with van der Waals surface area (Å²) in [5, 5.41) is 0.623. The Labute approximate surface area is 179 Å². The van der Waals surface area contributed by atoms with Crippen molar-refractivity contribution in [2.75, 3.05) is 6.61 Å².